The molecule has 0 spiro atoms. The van der Waals surface area contributed by atoms with Crippen LogP contribution >= 0.6 is 0 Å². The molecule has 3 heterocycles. The lowest BCUT2D eigenvalue weighted by Crippen LogP contribution is -2.47. The summed E-state index contributed by atoms with van der Waals surface area (Å²) in [6, 6.07) is 10.9. The molecular formula is C19H16N6O2. The smallest absolute Gasteiger partial charge is 0.278 e. The molecule has 2 aromatic heterocycles. The minimum Gasteiger partial charge on any atom is -0.367 e. The number of rotatable bonds is 3. The van der Waals surface area contributed by atoms with Crippen LogP contribution < -0.4 is 9.80 Å². The molecule has 134 valence electrons. The SMILES string of the molecule is N#Cc1cccnc1N1CCN(c2ccc([N+](=O)[O-])c3cnccc23)CC1. The van der Waals surface area contributed by atoms with Crippen LogP contribution in [0.15, 0.2) is 48.9 Å². The van der Waals surface area contributed by atoms with Crippen molar-refractivity contribution in [2.24, 2.45) is 0 Å². The Hall–Kier alpha value is -3.73. The third-order valence-corrected chi connectivity index (χ3v) is 4.80. The molecule has 1 aliphatic heterocycles. The van der Waals surface area contributed by atoms with Gasteiger partial charge in [0.1, 0.15) is 11.9 Å². The number of nitrogens with zero attached hydrogens (tertiary/aromatic N) is 6. The van der Waals surface area contributed by atoms with Gasteiger partial charge >= 0.3 is 0 Å². The van der Waals surface area contributed by atoms with Gasteiger partial charge in [-0.1, -0.05) is 0 Å². The van der Waals surface area contributed by atoms with Crippen LogP contribution in [0.4, 0.5) is 17.2 Å². The molecular weight excluding hydrogens is 344 g/mol. The van der Waals surface area contributed by atoms with Crippen LogP contribution in [-0.2, 0) is 0 Å². The molecule has 4 rings (SSSR count). The van der Waals surface area contributed by atoms with Gasteiger partial charge in [0.2, 0.25) is 0 Å². The summed E-state index contributed by atoms with van der Waals surface area (Å²) >= 11 is 0. The number of pyridine rings is 2. The Bertz CT molecular complexity index is 1050. The lowest BCUT2D eigenvalue weighted by Gasteiger charge is -2.37. The Morgan fingerprint density at radius 2 is 1.81 bits per heavy atom. The van der Waals surface area contributed by atoms with Crippen molar-refractivity contribution in [2.45, 2.75) is 0 Å². The number of hydrogen-bond acceptors (Lipinski definition) is 7. The monoisotopic (exact) mass is 360 g/mol. The normalized spacial score (nSPS) is 14.2. The fourth-order valence-corrected chi connectivity index (χ4v) is 3.49. The van der Waals surface area contributed by atoms with E-state index in [9.17, 15) is 15.4 Å². The van der Waals surface area contributed by atoms with Crippen molar-refractivity contribution >= 4 is 28.0 Å². The van der Waals surface area contributed by atoms with E-state index in [1.807, 2.05) is 6.07 Å². The van der Waals surface area contributed by atoms with Gasteiger partial charge in [-0.05, 0) is 24.3 Å². The first-order valence-corrected chi connectivity index (χ1v) is 8.55. The summed E-state index contributed by atoms with van der Waals surface area (Å²) in [6.45, 7) is 2.90. The molecule has 0 N–H and O–H groups in total. The fraction of sp³-hybridized carbons (Fsp3) is 0.211. The Morgan fingerprint density at radius 1 is 1.04 bits per heavy atom. The molecule has 0 saturated carbocycles. The van der Waals surface area contributed by atoms with Crippen molar-refractivity contribution in [3.63, 3.8) is 0 Å². The molecule has 8 nitrogen and oxygen atoms in total. The number of piperazine rings is 1. The lowest BCUT2D eigenvalue weighted by molar-refractivity contribution is -0.383. The summed E-state index contributed by atoms with van der Waals surface area (Å²) < 4.78 is 0. The predicted octanol–water partition coefficient (Wildman–Crippen LogP) is 2.74. The zero-order chi connectivity index (χ0) is 18.8. The number of hydrogen-bond donors (Lipinski definition) is 0. The average Bonchev–Trinajstić information content (AvgIpc) is 2.73. The van der Waals surface area contributed by atoms with E-state index in [1.165, 1.54) is 6.07 Å². The van der Waals surface area contributed by atoms with Crippen LogP contribution in [0.25, 0.3) is 10.8 Å². The Balaban J connectivity index is 1.61. The van der Waals surface area contributed by atoms with E-state index in [1.54, 1.807) is 36.8 Å². The summed E-state index contributed by atoms with van der Waals surface area (Å²) in [4.78, 5) is 23.6. The largest absolute Gasteiger partial charge is 0.367 e. The van der Waals surface area contributed by atoms with Crippen molar-refractivity contribution in [3.05, 3.63) is 64.6 Å². The highest BCUT2D eigenvalue weighted by atomic mass is 16.6. The van der Waals surface area contributed by atoms with Gasteiger partial charge in [-0.2, -0.15) is 5.26 Å². The van der Waals surface area contributed by atoms with E-state index in [-0.39, 0.29) is 10.6 Å². The quantitative estimate of drug-likeness (QED) is 0.523. The third kappa shape index (κ3) is 3.00. The van der Waals surface area contributed by atoms with Gasteiger partial charge in [0.25, 0.3) is 5.69 Å². The van der Waals surface area contributed by atoms with Crippen molar-refractivity contribution in [1.29, 1.82) is 5.26 Å². The van der Waals surface area contributed by atoms with Gasteiger partial charge in [0.15, 0.2) is 0 Å². The van der Waals surface area contributed by atoms with Gasteiger partial charge in [-0.25, -0.2) is 4.98 Å². The van der Waals surface area contributed by atoms with Crippen LogP contribution in [0.5, 0.6) is 0 Å². The molecule has 0 bridgehead atoms. The first kappa shape index (κ1) is 16.7. The zero-order valence-corrected chi connectivity index (χ0v) is 14.4. The van der Waals surface area contributed by atoms with Crippen LogP contribution in [0.3, 0.4) is 0 Å². The molecule has 27 heavy (non-hydrogen) atoms. The molecule has 8 heteroatoms. The standard InChI is InChI=1S/C19H16N6O2/c20-12-14-2-1-6-22-19(14)24-10-8-23(9-11-24)17-3-4-18(25(26)27)16-13-21-7-5-15(16)17/h1-7,13H,8-11H2. The van der Waals surface area contributed by atoms with Crippen molar-refractivity contribution < 1.29 is 4.92 Å². The van der Waals surface area contributed by atoms with E-state index < -0.39 is 0 Å². The number of nitro benzene ring substituents is 1. The maximum atomic E-state index is 11.3. The molecule has 1 aliphatic rings. The van der Waals surface area contributed by atoms with Crippen LogP contribution in [0, 0.1) is 21.4 Å². The Labute approximate surface area is 155 Å². The highest BCUT2D eigenvalue weighted by Gasteiger charge is 2.23. The average molecular weight is 360 g/mol. The molecule has 1 fully saturated rings. The first-order valence-electron chi connectivity index (χ1n) is 8.55. The predicted molar refractivity (Wildman–Crippen MR) is 102 cm³/mol. The topological polar surface area (TPSA) is 99.2 Å². The summed E-state index contributed by atoms with van der Waals surface area (Å²) in [6.07, 6.45) is 4.89. The molecule has 1 aromatic carbocycles. The van der Waals surface area contributed by atoms with Gasteiger partial charge in [-0.15, -0.1) is 0 Å². The van der Waals surface area contributed by atoms with E-state index in [0.29, 0.717) is 16.8 Å². The highest BCUT2D eigenvalue weighted by Crippen LogP contribution is 2.33. The second-order valence-corrected chi connectivity index (χ2v) is 6.24. The molecule has 0 aliphatic carbocycles. The van der Waals surface area contributed by atoms with E-state index in [4.69, 9.17) is 0 Å². The summed E-state index contributed by atoms with van der Waals surface area (Å²) in [7, 11) is 0. The first-order chi connectivity index (χ1) is 13.2. The van der Waals surface area contributed by atoms with Crippen molar-refractivity contribution in [3.8, 4) is 6.07 Å². The number of benzene rings is 1. The van der Waals surface area contributed by atoms with E-state index in [0.717, 1.165) is 37.3 Å². The number of non-ortho nitro benzene ring substituents is 1. The summed E-state index contributed by atoms with van der Waals surface area (Å²) in [5.41, 5.74) is 1.59. The van der Waals surface area contributed by atoms with Crippen molar-refractivity contribution in [2.75, 3.05) is 36.0 Å². The maximum Gasteiger partial charge on any atom is 0.278 e. The number of nitro groups is 1. The number of aromatic nitrogens is 2. The van der Waals surface area contributed by atoms with Crippen LogP contribution in [-0.4, -0.2) is 41.1 Å². The minimum absolute atomic E-state index is 0.0626. The van der Waals surface area contributed by atoms with Gasteiger partial charge in [-0.3, -0.25) is 15.1 Å². The fourth-order valence-electron chi connectivity index (χ4n) is 3.49. The Morgan fingerprint density at radius 3 is 2.56 bits per heavy atom. The lowest BCUT2D eigenvalue weighted by atomic mass is 10.1. The highest BCUT2D eigenvalue weighted by molar-refractivity contribution is 5.99. The molecule has 1 saturated heterocycles. The summed E-state index contributed by atoms with van der Waals surface area (Å²) in [5.74, 6) is 0.706. The van der Waals surface area contributed by atoms with Gasteiger partial charge in [0, 0.05) is 61.9 Å². The molecule has 3 aromatic rings. The second-order valence-electron chi connectivity index (χ2n) is 6.24. The molecule has 0 radical (unpaired) electrons. The maximum absolute atomic E-state index is 11.3. The van der Waals surface area contributed by atoms with Gasteiger partial charge in [0.05, 0.1) is 15.9 Å². The third-order valence-electron chi connectivity index (χ3n) is 4.80. The Kier molecular flexibility index (Phi) is 4.26. The van der Waals surface area contributed by atoms with E-state index >= 15 is 0 Å². The second kappa shape index (κ2) is 6.88. The minimum atomic E-state index is -0.379. The zero-order valence-electron chi connectivity index (χ0n) is 14.4. The van der Waals surface area contributed by atoms with Crippen LogP contribution in [0.1, 0.15) is 5.56 Å². The summed E-state index contributed by atoms with van der Waals surface area (Å²) in [5, 5.41) is 21.9. The van der Waals surface area contributed by atoms with Gasteiger partial charge < -0.3 is 9.80 Å². The van der Waals surface area contributed by atoms with Crippen LogP contribution in [0.2, 0.25) is 0 Å². The molecule has 0 amide bonds. The molecule has 0 unspecified atom stereocenters. The number of fused-ring (bicyclic) bond motifs is 1. The van der Waals surface area contributed by atoms with Crippen molar-refractivity contribution in [1.82, 2.24) is 9.97 Å². The van der Waals surface area contributed by atoms with E-state index in [2.05, 4.69) is 25.8 Å². The number of anilines is 2. The number of nitriles is 1. The molecule has 0 atom stereocenters.